The van der Waals surface area contributed by atoms with Gasteiger partial charge in [0.1, 0.15) is 5.72 Å². The molecule has 1 fully saturated rings. The van der Waals surface area contributed by atoms with Crippen molar-refractivity contribution in [2.45, 2.75) is 32.9 Å². The fourth-order valence-electron chi connectivity index (χ4n) is 1.48. The maximum absolute atomic E-state index is 5.89. The number of rotatable bonds is 3. The molecule has 0 aromatic rings. The van der Waals surface area contributed by atoms with Gasteiger partial charge in [-0.05, 0) is 21.0 Å². The molecule has 1 atom stereocenters. The van der Waals surface area contributed by atoms with Crippen LogP contribution in [0.2, 0.25) is 0 Å². The molecular formula is C11H24N2O. The van der Waals surface area contributed by atoms with E-state index in [4.69, 9.17) is 4.74 Å². The molecule has 1 aliphatic heterocycles. The molecule has 1 unspecified atom stereocenters. The van der Waals surface area contributed by atoms with Crippen LogP contribution >= 0.6 is 0 Å². The molecule has 1 N–H and O–H groups in total. The lowest BCUT2D eigenvalue weighted by Gasteiger charge is -2.43. The SMILES string of the molecule is CN(C)CCC1(C)NCC(C)(C)CO1. The highest BCUT2D eigenvalue weighted by molar-refractivity contribution is 4.84. The highest BCUT2D eigenvalue weighted by atomic mass is 16.5. The zero-order chi connectivity index (χ0) is 10.8. The number of hydrogen-bond donors (Lipinski definition) is 1. The van der Waals surface area contributed by atoms with E-state index in [0.717, 1.165) is 26.1 Å². The summed E-state index contributed by atoms with van der Waals surface area (Å²) in [5.41, 5.74) is 0.150. The molecular weight excluding hydrogens is 176 g/mol. The summed E-state index contributed by atoms with van der Waals surface area (Å²) in [5, 5.41) is 3.49. The van der Waals surface area contributed by atoms with Gasteiger partial charge in [-0.2, -0.15) is 0 Å². The second-order valence-electron chi connectivity index (χ2n) is 5.59. The van der Waals surface area contributed by atoms with E-state index in [2.05, 4.69) is 45.1 Å². The van der Waals surface area contributed by atoms with E-state index in [-0.39, 0.29) is 11.1 Å². The van der Waals surface area contributed by atoms with Crippen molar-refractivity contribution in [2.75, 3.05) is 33.8 Å². The zero-order valence-electron chi connectivity index (χ0n) is 10.2. The van der Waals surface area contributed by atoms with E-state index in [0.29, 0.717) is 0 Å². The Morgan fingerprint density at radius 3 is 2.36 bits per heavy atom. The third-order valence-electron chi connectivity index (χ3n) is 2.76. The quantitative estimate of drug-likeness (QED) is 0.743. The van der Waals surface area contributed by atoms with Crippen LogP contribution < -0.4 is 5.32 Å². The second kappa shape index (κ2) is 4.17. The normalized spacial score (nSPS) is 32.1. The molecule has 84 valence electrons. The van der Waals surface area contributed by atoms with Gasteiger partial charge in [-0.3, -0.25) is 5.32 Å². The van der Waals surface area contributed by atoms with Crippen molar-refractivity contribution in [3.8, 4) is 0 Å². The van der Waals surface area contributed by atoms with Gasteiger partial charge in [0.05, 0.1) is 6.61 Å². The Hall–Kier alpha value is -0.120. The Labute approximate surface area is 87.8 Å². The summed E-state index contributed by atoms with van der Waals surface area (Å²) < 4.78 is 5.89. The molecule has 1 heterocycles. The summed E-state index contributed by atoms with van der Waals surface area (Å²) in [5.74, 6) is 0. The van der Waals surface area contributed by atoms with Crippen LogP contribution in [-0.2, 0) is 4.74 Å². The van der Waals surface area contributed by atoms with E-state index in [9.17, 15) is 0 Å². The van der Waals surface area contributed by atoms with Gasteiger partial charge in [-0.1, -0.05) is 13.8 Å². The lowest BCUT2D eigenvalue weighted by Crippen LogP contribution is -2.56. The van der Waals surface area contributed by atoms with Gasteiger partial charge in [-0.15, -0.1) is 0 Å². The molecule has 0 bridgehead atoms. The van der Waals surface area contributed by atoms with Crippen LogP contribution in [0.5, 0.6) is 0 Å². The molecule has 0 amide bonds. The van der Waals surface area contributed by atoms with Gasteiger partial charge in [0, 0.05) is 24.9 Å². The van der Waals surface area contributed by atoms with Crippen molar-refractivity contribution in [3.05, 3.63) is 0 Å². The Kier molecular flexibility index (Phi) is 3.56. The summed E-state index contributed by atoms with van der Waals surface area (Å²) in [4.78, 5) is 2.19. The molecule has 1 saturated heterocycles. The summed E-state index contributed by atoms with van der Waals surface area (Å²) in [6, 6.07) is 0. The van der Waals surface area contributed by atoms with E-state index < -0.39 is 0 Å². The summed E-state index contributed by atoms with van der Waals surface area (Å²) in [6.07, 6.45) is 1.04. The van der Waals surface area contributed by atoms with E-state index in [1.54, 1.807) is 0 Å². The van der Waals surface area contributed by atoms with Gasteiger partial charge >= 0.3 is 0 Å². The first-order chi connectivity index (χ1) is 6.33. The average Bonchev–Trinajstić information content (AvgIpc) is 2.08. The zero-order valence-corrected chi connectivity index (χ0v) is 10.2. The summed E-state index contributed by atoms with van der Waals surface area (Å²) >= 11 is 0. The Balaban J connectivity index is 2.37. The fraction of sp³-hybridized carbons (Fsp3) is 1.00. The van der Waals surface area contributed by atoms with Crippen LogP contribution in [0.15, 0.2) is 0 Å². The Morgan fingerprint density at radius 2 is 1.93 bits per heavy atom. The average molecular weight is 200 g/mol. The molecule has 3 nitrogen and oxygen atoms in total. The van der Waals surface area contributed by atoms with Crippen LogP contribution in [0.3, 0.4) is 0 Å². The summed E-state index contributed by atoms with van der Waals surface area (Å²) in [7, 11) is 4.19. The van der Waals surface area contributed by atoms with Crippen molar-refractivity contribution in [2.24, 2.45) is 5.41 Å². The Morgan fingerprint density at radius 1 is 1.29 bits per heavy atom. The third kappa shape index (κ3) is 3.56. The predicted octanol–water partition coefficient (Wildman–Crippen LogP) is 1.30. The van der Waals surface area contributed by atoms with Crippen LogP contribution in [0.25, 0.3) is 0 Å². The topological polar surface area (TPSA) is 24.5 Å². The number of ether oxygens (including phenoxy) is 1. The van der Waals surface area contributed by atoms with Crippen molar-refractivity contribution in [3.63, 3.8) is 0 Å². The van der Waals surface area contributed by atoms with Crippen LogP contribution in [-0.4, -0.2) is 44.4 Å². The lowest BCUT2D eigenvalue weighted by molar-refractivity contribution is -0.131. The molecule has 0 aromatic carbocycles. The molecule has 0 aliphatic carbocycles. The van der Waals surface area contributed by atoms with Gasteiger partial charge < -0.3 is 9.64 Å². The maximum Gasteiger partial charge on any atom is 0.117 e. The number of hydrogen-bond acceptors (Lipinski definition) is 3. The molecule has 1 rings (SSSR count). The second-order valence-corrected chi connectivity index (χ2v) is 5.59. The summed E-state index contributed by atoms with van der Waals surface area (Å²) in [6.45, 7) is 9.55. The lowest BCUT2D eigenvalue weighted by atomic mass is 9.91. The van der Waals surface area contributed by atoms with Crippen molar-refractivity contribution in [1.29, 1.82) is 0 Å². The van der Waals surface area contributed by atoms with Gasteiger partial charge in [0.2, 0.25) is 0 Å². The molecule has 0 aromatic heterocycles. The predicted molar refractivity (Wildman–Crippen MR) is 59.3 cm³/mol. The minimum absolute atomic E-state index is 0.125. The van der Waals surface area contributed by atoms with Crippen molar-refractivity contribution in [1.82, 2.24) is 10.2 Å². The van der Waals surface area contributed by atoms with Gasteiger partial charge in [0.15, 0.2) is 0 Å². The van der Waals surface area contributed by atoms with Gasteiger partial charge in [0.25, 0.3) is 0 Å². The molecule has 0 radical (unpaired) electrons. The first-order valence-corrected chi connectivity index (χ1v) is 5.37. The van der Waals surface area contributed by atoms with E-state index in [1.165, 1.54) is 0 Å². The van der Waals surface area contributed by atoms with E-state index >= 15 is 0 Å². The molecule has 3 heteroatoms. The Bertz CT molecular complexity index is 174. The molecule has 1 aliphatic rings. The molecule has 0 saturated carbocycles. The van der Waals surface area contributed by atoms with Crippen LogP contribution in [0.1, 0.15) is 27.2 Å². The first-order valence-electron chi connectivity index (χ1n) is 5.37. The minimum Gasteiger partial charge on any atom is -0.360 e. The van der Waals surface area contributed by atoms with Crippen LogP contribution in [0.4, 0.5) is 0 Å². The smallest absolute Gasteiger partial charge is 0.117 e. The van der Waals surface area contributed by atoms with Crippen LogP contribution in [0, 0.1) is 5.41 Å². The monoisotopic (exact) mass is 200 g/mol. The largest absolute Gasteiger partial charge is 0.360 e. The minimum atomic E-state index is -0.125. The third-order valence-corrected chi connectivity index (χ3v) is 2.76. The molecule has 14 heavy (non-hydrogen) atoms. The van der Waals surface area contributed by atoms with Crippen molar-refractivity contribution < 1.29 is 4.74 Å². The van der Waals surface area contributed by atoms with Gasteiger partial charge in [-0.25, -0.2) is 0 Å². The highest BCUT2D eigenvalue weighted by Crippen LogP contribution is 2.26. The maximum atomic E-state index is 5.89. The van der Waals surface area contributed by atoms with E-state index in [1.807, 2.05) is 0 Å². The standard InChI is InChI=1S/C11H24N2O/c1-10(2)8-12-11(3,14-9-10)6-7-13(4)5/h12H,6-9H2,1-5H3. The molecule has 0 spiro atoms. The van der Waals surface area contributed by atoms with Crippen molar-refractivity contribution >= 4 is 0 Å². The highest BCUT2D eigenvalue weighted by Gasteiger charge is 2.34. The first kappa shape index (κ1) is 12.0. The fourth-order valence-corrected chi connectivity index (χ4v) is 1.48. The number of nitrogens with one attached hydrogen (secondary N) is 1. The number of nitrogens with zero attached hydrogens (tertiary/aromatic N) is 1.